The van der Waals surface area contributed by atoms with Gasteiger partial charge in [-0.15, -0.1) is 0 Å². The van der Waals surface area contributed by atoms with Crippen molar-refractivity contribution in [2.75, 3.05) is 15.9 Å². The Morgan fingerprint density at radius 1 is 1.14 bits per heavy atom. The number of carbonyl (C=O) groups is 1. The largest absolute Gasteiger partial charge is 0.324 e. The normalized spacial score (nSPS) is 12.1. The zero-order valence-corrected chi connectivity index (χ0v) is 17.4. The minimum absolute atomic E-state index is 0.292. The number of nitrogens with one attached hydrogen (secondary N) is 1. The van der Waals surface area contributed by atoms with Gasteiger partial charge in [0, 0.05) is 5.69 Å². The summed E-state index contributed by atoms with van der Waals surface area (Å²) in [5, 5.41) is 11.5. The molecular formula is C21H25N3O3S. The highest BCUT2D eigenvalue weighted by atomic mass is 32.2. The Morgan fingerprint density at radius 2 is 1.71 bits per heavy atom. The van der Waals surface area contributed by atoms with Gasteiger partial charge in [-0.05, 0) is 61.2 Å². The van der Waals surface area contributed by atoms with Crippen LogP contribution in [0.15, 0.2) is 42.5 Å². The lowest BCUT2D eigenvalue weighted by Gasteiger charge is -2.30. The molecule has 6 nitrogen and oxygen atoms in total. The molecule has 0 saturated carbocycles. The molecule has 0 aliphatic carbocycles. The fraction of sp³-hybridized carbons (Fsp3) is 0.333. The van der Waals surface area contributed by atoms with Crippen molar-refractivity contribution < 1.29 is 13.2 Å². The van der Waals surface area contributed by atoms with E-state index >= 15 is 0 Å². The van der Waals surface area contributed by atoms with Gasteiger partial charge in [0.1, 0.15) is 6.04 Å². The smallest absolute Gasteiger partial charge is 0.248 e. The summed E-state index contributed by atoms with van der Waals surface area (Å²) in [4.78, 5) is 12.9. The second kappa shape index (κ2) is 8.89. The van der Waals surface area contributed by atoms with Gasteiger partial charge in [-0.1, -0.05) is 25.1 Å². The van der Waals surface area contributed by atoms with Crippen LogP contribution in [0.1, 0.15) is 30.0 Å². The third-order valence-corrected chi connectivity index (χ3v) is 5.48. The lowest BCUT2D eigenvalue weighted by molar-refractivity contribution is -0.117. The summed E-state index contributed by atoms with van der Waals surface area (Å²) in [6.07, 6.45) is 1.72. The van der Waals surface area contributed by atoms with Crippen molar-refractivity contribution in [2.24, 2.45) is 0 Å². The number of amides is 1. The molecule has 1 amide bonds. The van der Waals surface area contributed by atoms with Crippen molar-refractivity contribution in [1.29, 1.82) is 5.26 Å². The maximum absolute atomic E-state index is 12.9. The van der Waals surface area contributed by atoms with E-state index in [4.69, 9.17) is 5.26 Å². The number of benzene rings is 2. The number of hydrogen-bond acceptors (Lipinski definition) is 4. The summed E-state index contributed by atoms with van der Waals surface area (Å²) < 4.78 is 26.3. The molecule has 0 bridgehead atoms. The predicted molar refractivity (Wildman–Crippen MR) is 112 cm³/mol. The van der Waals surface area contributed by atoms with Crippen LogP contribution in [0, 0.1) is 25.2 Å². The number of sulfonamides is 1. The van der Waals surface area contributed by atoms with E-state index in [0.717, 1.165) is 22.9 Å². The third-order valence-electron chi connectivity index (χ3n) is 4.30. The standard InChI is InChI=1S/C21H25N3O3S/c1-5-20(21(25)23-18-8-6-17(7-9-18)10-11-22)24(28(4,26)27)19-13-15(2)12-16(3)14-19/h6-9,12-14,20H,5,10H2,1-4H3,(H,23,25)/t20-/m0/s1. The topological polar surface area (TPSA) is 90.3 Å². The molecule has 1 atom stereocenters. The monoisotopic (exact) mass is 399 g/mol. The first-order valence-electron chi connectivity index (χ1n) is 9.00. The van der Waals surface area contributed by atoms with E-state index in [1.165, 1.54) is 4.31 Å². The Morgan fingerprint density at radius 3 is 2.18 bits per heavy atom. The number of hydrogen-bond donors (Lipinski definition) is 1. The molecule has 0 heterocycles. The summed E-state index contributed by atoms with van der Waals surface area (Å²) >= 11 is 0. The highest BCUT2D eigenvalue weighted by molar-refractivity contribution is 7.92. The van der Waals surface area contributed by atoms with E-state index in [9.17, 15) is 13.2 Å². The zero-order valence-electron chi connectivity index (χ0n) is 16.6. The minimum atomic E-state index is -3.68. The van der Waals surface area contributed by atoms with Crippen LogP contribution in [0.5, 0.6) is 0 Å². The van der Waals surface area contributed by atoms with Crippen LogP contribution in [0.3, 0.4) is 0 Å². The van der Waals surface area contributed by atoms with E-state index in [0.29, 0.717) is 24.2 Å². The van der Waals surface area contributed by atoms with Crippen molar-refractivity contribution in [3.63, 3.8) is 0 Å². The third kappa shape index (κ3) is 5.33. The molecule has 148 valence electrons. The molecule has 0 aliphatic heterocycles. The first kappa shape index (κ1) is 21.5. The Hall–Kier alpha value is -2.85. The quantitative estimate of drug-likeness (QED) is 0.771. The van der Waals surface area contributed by atoms with E-state index in [1.807, 2.05) is 19.9 Å². The van der Waals surface area contributed by atoms with Crippen LogP contribution >= 0.6 is 0 Å². The van der Waals surface area contributed by atoms with E-state index in [2.05, 4.69) is 11.4 Å². The molecule has 0 saturated heterocycles. The molecule has 0 aromatic heterocycles. The van der Waals surface area contributed by atoms with Gasteiger partial charge in [-0.3, -0.25) is 9.10 Å². The second-order valence-corrected chi connectivity index (χ2v) is 8.71. The van der Waals surface area contributed by atoms with Gasteiger partial charge in [-0.2, -0.15) is 5.26 Å². The molecule has 28 heavy (non-hydrogen) atoms. The predicted octanol–water partition coefficient (Wildman–Crippen LogP) is 3.55. The lowest BCUT2D eigenvalue weighted by Crippen LogP contribution is -2.47. The van der Waals surface area contributed by atoms with Gasteiger partial charge in [-0.25, -0.2) is 8.42 Å². The number of carbonyl (C=O) groups excluding carboxylic acids is 1. The summed E-state index contributed by atoms with van der Waals surface area (Å²) in [7, 11) is -3.68. The maximum atomic E-state index is 12.9. The molecule has 2 aromatic rings. The van der Waals surface area contributed by atoms with Gasteiger partial charge in [0.25, 0.3) is 0 Å². The van der Waals surface area contributed by atoms with Crippen molar-refractivity contribution >= 4 is 27.3 Å². The Balaban J connectivity index is 2.35. The van der Waals surface area contributed by atoms with Gasteiger partial charge in [0.15, 0.2) is 0 Å². The average molecular weight is 400 g/mol. The average Bonchev–Trinajstić information content (AvgIpc) is 2.59. The molecule has 0 unspecified atom stereocenters. The minimum Gasteiger partial charge on any atom is -0.324 e. The number of nitriles is 1. The number of rotatable bonds is 7. The van der Waals surface area contributed by atoms with Crippen LogP contribution in [0.25, 0.3) is 0 Å². The lowest BCUT2D eigenvalue weighted by atomic mass is 10.1. The van der Waals surface area contributed by atoms with Crippen LogP contribution in [-0.2, 0) is 21.2 Å². The van der Waals surface area contributed by atoms with Crippen LogP contribution < -0.4 is 9.62 Å². The molecule has 2 aromatic carbocycles. The van der Waals surface area contributed by atoms with Crippen LogP contribution in [0.4, 0.5) is 11.4 Å². The molecule has 2 rings (SSSR count). The van der Waals surface area contributed by atoms with Crippen molar-refractivity contribution in [2.45, 2.75) is 39.7 Å². The molecular weight excluding hydrogens is 374 g/mol. The highest BCUT2D eigenvalue weighted by Crippen LogP contribution is 2.26. The van der Waals surface area contributed by atoms with Crippen molar-refractivity contribution in [3.05, 3.63) is 59.2 Å². The van der Waals surface area contributed by atoms with Crippen LogP contribution in [-0.4, -0.2) is 26.6 Å². The van der Waals surface area contributed by atoms with Gasteiger partial charge in [0.2, 0.25) is 15.9 Å². The number of aryl methyl sites for hydroxylation is 2. The number of nitrogens with zero attached hydrogens (tertiary/aromatic N) is 2. The fourth-order valence-corrected chi connectivity index (χ4v) is 4.36. The van der Waals surface area contributed by atoms with Crippen LogP contribution in [0.2, 0.25) is 0 Å². The second-order valence-electron chi connectivity index (χ2n) is 6.85. The molecule has 0 spiro atoms. The van der Waals surface area contributed by atoms with E-state index < -0.39 is 22.0 Å². The highest BCUT2D eigenvalue weighted by Gasteiger charge is 2.31. The molecule has 0 fully saturated rings. The Labute approximate surface area is 166 Å². The summed E-state index contributed by atoms with van der Waals surface area (Å²) in [5.74, 6) is -0.403. The van der Waals surface area contributed by atoms with Gasteiger partial charge in [0.05, 0.1) is 24.4 Å². The Kier molecular flexibility index (Phi) is 6.81. The van der Waals surface area contributed by atoms with Crippen molar-refractivity contribution in [3.8, 4) is 6.07 Å². The van der Waals surface area contributed by atoms with Gasteiger partial charge >= 0.3 is 0 Å². The van der Waals surface area contributed by atoms with E-state index in [1.54, 1.807) is 43.3 Å². The maximum Gasteiger partial charge on any atom is 0.248 e. The van der Waals surface area contributed by atoms with Crippen molar-refractivity contribution in [1.82, 2.24) is 0 Å². The zero-order chi connectivity index (χ0) is 20.9. The van der Waals surface area contributed by atoms with Gasteiger partial charge < -0.3 is 5.32 Å². The molecule has 1 N–H and O–H groups in total. The summed E-state index contributed by atoms with van der Waals surface area (Å²) in [5.41, 5.74) is 3.73. The summed E-state index contributed by atoms with van der Waals surface area (Å²) in [6, 6.07) is 13.6. The summed E-state index contributed by atoms with van der Waals surface area (Å²) in [6.45, 7) is 5.56. The fourth-order valence-electron chi connectivity index (χ4n) is 3.16. The van der Waals surface area contributed by atoms with E-state index in [-0.39, 0.29) is 0 Å². The number of anilines is 2. The SMILES string of the molecule is CC[C@@H](C(=O)Nc1ccc(CC#N)cc1)N(c1cc(C)cc(C)c1)S(C)(=O)=O. The molecule has 0 aliphatic rings. The molecule has 0 radical (unpaired) electrons. The molecule has 7 heteroatoms. The first-order chi connectivity index (χ1) is 13.2. The first-order valence-corrected chi connectivity index (χ1v) is 10.8. The Bertz CT molecular complexity index is 972.